The van der Waals surface area contributed by atoms with Crippen molar-refractivity contribution in [1.82, 2.24) is 0 Å². The molecule has 0 heterocycles. The molecular formula is C18H21NO2. The van der Waals surface area contributed by atoms with E-state index in [1.54, 1.807) is 0 Å². The van der Waals surface area contributed by atoms with Crippen LogP contribution in [0.5, 0.6) is 5.75 Å². The molecule has 2 aromatic carbocycles. The molecule has 0 aliphatic carbocycles. The second kappa shape index (κ2) is 6.93. The van der Waals surface area contributed by atoms with Crippen LogP contribution < -0.4 is 10.1 Å². The third-order valence-corrected chi connectivity index (χ3v) is 3.31. The number of carbonyl (C=O) groups is 1. The van der Waals surface area contributed by atoms with E-state index in [1.165, 1.54) is 0 Å². The summed E-state index contributed by atoms with van der Waals surface area (Å²) < 4.78 is 5.85. The standard InChI is InChI=1S/C18H21NO2/c1-4-16(21-17-11-6-5-9-14(17)3)18(20)19-15-10-7-8-13(2)12-15/h5-12,16H,4H2,1-3H3,(H,19,20)/t16-/m0/s1. The van der Waals surface area contributed by atoms with Crippen molar-refractivity contribution in [2.75, 3.05) is 5.32 Å². The second-order valence-electron chi connectivity index (χ2n) is 5.14. The molecule has 21 heavy (non-hydrogen) atoms. The van der Waals surface area contributed by atoms with Crippen molar-refractivity contribution >= 4 is 11.6 Å². The van der Waals surface area contributed by atoms with Crippen LogP contribution in [-0.4, -0.2) is 12.0 Å². The van der Waals surface area contributed by atoms with Gasteiger partial charge < -0.3 is 10.1 Å². The molecule has 1 N–H and O–H groups in total. The number of carbonyl (C=O) groups excluding carboxylic acids is 1. The first-order valence-electron chi connectivity index (χ1n) is 7.20. The molecule has 0 aromatic heterocycles. The maximum absolute atomic E-state index is 12.3. The van der Waals surface area contributed by atoms with Crippen molar-refractivity contribution in [3.8, 4) is 5.75 Å². The molecule has 0 unspecified atom stereocenters. The fourth-order valence-corrected chi connectivity index (χ4v) is 2.11. The van der Waals surface area contributed by atoms with Crippen LogP contribution in [0.3, 0.4) is 0 Å². The highest BCUT2D eigenvalue weighted by Crippen LogP contribution is 2.19. The van der Waals surface area contributed by atoms with Crippen molar-refractivity contribution in [3.05, 3.63) is 59.7 Å². The molecule has 0 saturated heterocycles. The van der Waals surface area contributed by atoms with Crippen LogP contribution in [0.1, 0.15) is 24.5 Å². The minimum Gasteiger partial charge on any atom is -0.480 e. The Morgan fingerprint density at radius 2 is 1.90 bits per heavy atom. The number of rotatable bonds is 5. The Morgan fingerprint density at radius 3 is 2.57 bits per heavy atom. The Labute approximate surface area is 126 Å². The summed E-state index contributed by atoms with van der Waals surface area (Å²) in [7, 11) is 0. The van der Waals surface area contributed by atoms with Crippen LogP contribution in [0.25, 0.3) is 0 Å². The maximum atomic E-state index is 12.3. The summed E-state index contributed by atoms with van der Waals surface area (Å²) in [5, 5.41) is 2.91. The molecule has 0 spiro atoms. The van der Waals surface area contributed by atoms with E-state index in [9.17, 15) is 4.79 Å². The summed E-state index contributed by atoms with van der Waals surface area (Å²) >= 11 is 0. The molecule has 0 aliphatic heterocycles. The molecule has 3 nitrogen and oxygen atoms in total. The minimum absolute atomic E-state index is 0.119. The fourth-order valence-electron chi connectivity index (χ4n) is 2.11. The van der Waals surface area contributed by atoms with Crippen LogP contribution in [0.15, 0.2) is 48.5 Å². The Bertz CT molecular complexity index is 622. The molecule has 110 valence electrons. The van der Waals surface area contributed by atoms with Gasteiger partial charge in [-0.2, -0.15) is 0 Å². The van der Waals surface area contributed by atoms with Gasteiger partial charge in [0.15, 0.2) is 6.10 Å². The second-order valence-corrected chi connectivity index (χ2v) is 5.14. The molecule has 2 aromatic rings. The smallest absolute Gasteiger partial charge is 0.265 e. The van der Waals surface area contributed by atoms with Crippen molar-refractivity contribution < 1.29 is 9.53 Å². The monoisotopic (exact) mass is 283 g/mol. The van der Waals surface area contributed by atoms with Crippen molar-refractivity contribution in [3.63, 3.8) is 0 Å². The van der Waals surface area contributed by atoms with Gasteiger partial charge in [0.2, 0.25) is 0 Å². The van der Waals surface area contributed by atoms with Crippen molar-refractivity contribution in [2.24, 2.45) is 0 Å². The molecular weight excluding hydrogens is 262 g/mol. The Hall–Kier alpha value is -2.29. The molecule has 0 radical (unpaired) electrons. The zero-order valence-corrected chi connectivity index (χ0v) is 12.7. The summed E-state index contributed by atoms with van der Waals surface area (Å²) in [6.07, 6.45) is 0.123. The normalized spacial score (nSPS) is 11.8. The number of anilines is 1. The zero-order valence-electron chi connectivity index (χ0n) is 12.7. The summed E-state index contributed by atoms with van der Waals surface area (Å²) in [5.41, 5.74) is 2.94. The lowest BCUT2D eigenvalue weighted by Gasteiger charge is -2.18. The lowest BCUT2D eigenvalue weighted by molar-refractivity contribution is -0.122. The van der Waals surface area contributed by atoms with Gasteiger partial charge in [0.1, 0.15) is 5.75 Å². The Balaban J connectivity index is 2.07. The predicted octanol–water partition coefficient (Wildman–Crippen LogP) is 4.10. The van der Waals surface area contributed by atoms with Crippen molar-refractivity contribution in [1.29, 1.82) is 0 Å². The highest BCUT2D eigenvalue weighted by molar-refractivity contribution is 5.94. The van der Waals surface area contributed by atoms with E-state index in [0.717, 1.165) is 22.6 Å². The summed E-state index contributed by atoms with van der Waals surface area (Å²) in [5.74, 6) is 0.634. The average molecular weight is 283 g/mol. The van der Waals surface area contributed by atoms with Gasteiger partial charge >= 0.3 is 0 Å². The third-order valence-electron chi connectivity index (χ3n) is 3.31. The number of para-hydroxylation sites is 1. The number of aryl methyl sites for hydroxylation is 2. The molecule has 0 saturated carbocycles. The maximum Gasteiger partial charge on any atom is 0.265 e. The number of amides is 1. The van der Waals surface area contributed by atoms with Gasteiger partial charge in [-0.05, 0) is 49.6 Å². The minimum atomic E-state index is -0.494. The SMILES string of the molecule is CC[C@H](Oc1ccccc1C)C(=O)Nc1cccc(C)c1. The molecule has 1 atom stereocenters. The number of benzene rings is 2. The number of hydrogen-bond acceptors (Lipinski definition) is 2. The molecule has 0 bridgehead atoms. The largest absolute Gasteiger partial charge is 0.480 e. The summed E-state index contributed by atoms with van der Waals surface area (Å²) in [6, 6.07) is 15.5. The van der Waals surface area contributed by atoms with Crippen LogP contribution >= 0.6 is 0 Å². The Kier molecular flexibility index (Phi) is 4.99. The van der Waals surface area contributed by atoms with Gasteiger partial charge in [-0.1, -0.05) is 37.3 Å². The highest BCUT2D eigenvalue weighted by Gasteiger charge is 2.19. The van der Waals surface area contributed by atoms with E-state index in [-0.39, 0.29) is 5.91 Å². The number of nitrogens with one attached hydrogen (secondary N) is 1. The third kappa shape index (κ3) is 4.09. The first kappa shape index (κ1) is 15.1. The molecule has 0 aliphatic rings. The van der Waals surface area contributed by atoms with E-state index in [1.807, 2.05) is 69.3 Å². The first-order valence-corrected chi connectivity index (χ1v) is 7.20. The quantitative estimate of drug-likeness (QED) is 0.897. The Morgan fingerprint density at radius 1 is 1.14 bits per heavy atom. The topological polar surface area (TPSA) is 38.3 Å². The van der Waals surface area contributed by atoms with Gasteiger partial charge in [0.25, 0.3) is 5.91 Å². The van der Waals surface area contributed by atoms with Crippen LogP contribution in [0.4, 0.5) is 5.69 Å². The van der Waals surface area contributed by atoms with E-state index >= 15 is 0 Å². The van der Waals surface area contributed by atoms with E-state index < -0.39 is 6.10 Å². The molecule has 0 fully saturated rings. The first-order chi connectivity index (χ1) is 10.1. The van der Waals surface area contributed by atoms with Gasteiger partial charge in [0, 0.05) is 5.69 Å². The summed E-state index contributed by atoms with van der Waals surface area (Å²) in [4.78, 5) is 12.3. The van der Waals surface area contributed by atoms with Crippen LogP contribution in [-0.2, 0) is 4.79 Å². The van der Waals surface area contributed by atoms with Crippen LogP contribution in [0, 0.1) is 13.8 Å². The zero-order chi connectivity index (χ0) is 15.2. The predicted molar refractivity (Wildman–Crippen MR) is 85.7 cm³/mol. The highest BCUT2D eigenvalue weighted by atomic mass is 16.5. The van der Waals surface area contributed by atoms with E-state index in [0.29, 0.717) is 6.42 Å². The lowest BCUT2D eigenvalue weighted by atomic mass is 10.2. The number of ether oxygens (including phenoxy) is 1. The fraction of sp³-hybridized carbons (Fsp3) is 0.278. The van der Waals surface area contributed by atoms with Gasteiger partial charge in [-0.25, -0.2) is 0 Å². The van der Waals surface area contributed by atoms with E-state index in [2.05, 4.69) is 5.32 Å². The van der Waals surface area contributed by atoms with Crippen molar-refractivity contribution in [2.45, 2.75) is 33.3 Å². The number of hydrogen-bond donors (Lipinski definition) is 1. The van der Waals surface area contributed by atoms with Crippen LogP contribution in [0.2, 0.25) is 0 Å². The molecule has 1 amide bonds. The van der Waals surface area contributed by atoms with E-state index in [4.69, 9.17) is 4.74 Å². The molecule has 3 heteroatoms. The average Bonchev–Trinajstić information content (AvgIpc) is 2.46. The summed E-state index contributed by atoms with van der Waals surface area (Å²) in [6.45, 7) is 5.91. The molecule has 2 rings (SSSR count). The van der Waals surface area contributed by atoms with Gasteiger partial charge in [0.05, 0.1) is 0 Å². The lowest BCUT2D eigenvalue weighted by Crippen LogP contribution is -2.32. The van der Waals surface area contributed by atoms with Gasteiger partial charge in [-0.15, -0.1) is 0 Å². The van der Waals surface area contributed by atoms with Gasteiger partial charge in [-0.3, -0.25) is 4.79 Å².